The molecule has 1 aromatic heterocycles. The molecule has 0 aromatic carbocycles. The van der Waals surface area contributed by atoms with Crippen LogP contribution in [0.25, 0.3) is 0 Å². The Kier molecular flexibility index (Phi) is 8.09. The van der Waals surface area contributed by atoms with Crippen molar-refractivity contribution in [2.75, 3.05) is 6.54 Å². The second-order valence-electron chi connectivity index (χ2n) is 10.5. The fourth-order valence-corrected chi connectivity index (χ4v) is 6.78. The average Bonchev–Trinajstić information content (AvgIpc) is 2.83. The summed E-state index contributed by atoms with van der Waals surface area (Å²) in [5.41, 5.74) is 4.64. The zero-order valence-corrected chi connectivity index (χ0v) is 20.2. The molecule has 3 aliphatic rings. The number of rotatable bonds is 8. The first kappa shape index (κ1) is 22.8. The van der Waals surface area contributed by atoms with Crippen LogP contribution in [0.1, 0.15) is 103 Å². The van der Waals surface area contributed by atoms with Crippen molar-refractivity contribution in [2.45, 2.75) is 109 Å². The highest BCUT2D eigenvalue weighted by molar-refractivity contribution is 5.24. The van der Waals surface area contributed by atoms with Crippen LogP contribution in [0, 0.1) is 17.8 Å². The molecule has 0 amide bonds. The van der Waals surface area contributed by atoms with E-state index in [4.69, 9.17) is 4.98 Å². The van der Waals surface area contributed by atoms with E-state index in [-0.39, 0.29) is 0 Å². The molecule has 3 nitrogen and oxygen atoms in total. The topological polar surface area (TPSA) is 37.0 Å². The van der Waals surface area contributed by atoms with Crippen molar-refractivity contribution in [3.05, 3.63) is 41.4 Å². The molecule has 4 rings (SSSR count). The van der Waals surface area contributed by atoms with Gasteiger partial charge in [0.05, 0.1) is 0 Å². The molecular formula is C28H45N3. The van der Waals surface area contributed by atoms with Gasteiger partial charge >= 0.3 is 0 Å². The summed E-state index contributed by atoms with van der Waals surface area (Å²) in [6, 6.07) is 7.73. The molecule has 0 radical (unpaired) electrons. The van der Waals surface area contributed by atoms with Gasteiger partial charge in [-0.1, -0.05) is 51.7 Å². The minimum atomic E-state index is 0.507. The summed E-state index contributed by atoms with van der Waals surface area (Å²) in [6.45, 7) is 8.35. The first-order valence-corrected chi connectivity index (χ1v) is 13.3. The predicted molar refractivity (Wildman–Crippen MR) is 131 cm³/mol. The maximum atomic E-state index is 4.79. The van der Waals surface area contributed by atoms with Gasteiger partial charge in [0.15, 0.2) is 0 Å². The zero-order chi connectivity index (χ0) is 21.6. The smallest absolute Gasteiger partial charge is 0.0457 e. The normalized spacial score (nSPS) is 29.6. The molecule has 172 valence electrons. The molecule has 0 spiro atoms. The van der Waals surface area contributed by atoms with Crippen LogP contribution in [0.5, 0.6) is 0 Å². The lowest BCUT2D eigenvalue weighted by molar-refractivity contribution is 0.178. The second-order valence-corrected chi connectivity index (χ2v) is 10.5. The quantitative estimate of drug-likeness (QED) is 0.496. The van der Waals surface area contributed by atoms with Crippen LogP contribution in [-0.4, -0.2) is 23.6 Å². The third-order valence-electron chi connectivity index (χ3n) is 8.64. The fourth-order valence-electron chi connectivity index (χ4n) is 6.78. The number of nitrogens with one attached hydrogen (secondary N) is 2. The number of hydrogen-bond donors (Lipinski definition) is 2. The van der Waals surface area contributed by atoms with Gasteiger partial charge in [-0.3, -0.25) is 4.98 Å². The number of pyridine rings is 1. The third kappa shape index (κ3) is 5.35. The Bertz CT molecular complexity index is 706. The minimum absolute atomic E-state index is 0.507. The molecule has 6 atom stereocenters. The lowest BCUT2D eigenvalue weighted by atomic mass is 9.70. The van der Waals surface area contributed by atoms with E-state index >= 15 is 0 Å². The molecule has 1 fully saturated rings. The van der Waals surface area contributed by atoms with E-state index in [2.05, 4.69) is 43.5 Å². The summed E-state index contributed by atoms with van der Waals surface area (Å²) < 4.78 is 0. The van der Waals surface area contributed by atoms with Crippen LogP contribution in [0.15, 0.2) is 35.7 Å². The Hall–Kier alpha value is -1.35. The molecule has 3 heterocycles. The monoisotopic (exact) mass is 423 g/mol. The van der Waals surface area contributed by atoms with E-state index in [0.717, 1.165) is 17.9 Å². The SMILES string of the molecule is CCCC(C1CCC2=C(C1)NC(C(c1ccccn1)C(C)CC)CC2)C1CCCCN1. The molecule has 0 saturated carbocycles. The first-order chi connectivity index (χ1) is 15.2. The molecule has 31 heavy (non-hydrogen) atoms. The van der Waals surface area contributed by atoms with Gasteiger partial charge < -0.3 is 10.6 Å². The number of allylic oxidation sites excluding steroid dienone is 2. The Morgan fingerprint density at radius 2 is 1.94 bits per heavy atom. The van der Waals surface area contributed by atoms with Crippen molar-refractivity contribution in [3.63, 3.8) is 0 Å². The number of piperidine rings is 1. The summed E-state index contributed by atoms with van der Waals surface area (Å²) >= 11 is 0. The maximum Gasteiger partial charge on any atom is 0.0457 e. The number of nitrogens with zero attached hydrogens (tertiary/aromatic N) is 1. The van der Waals surface area contributed by atoms with Gasteiger partial charge in [0, 0.05) is 35.6 Å². The van der Waals surface area contributed by atoms with Gasteiger partial charge in [-0.05, 0) is 87.8 Å². The fraction of sp³-hybridized carbons (Fsp3) is 0.750. The molecule has 2 aliphatic heterocycles. The number of aromatic nitrogens is 1. The van der Waals surface area contributed by atoms with Crippen molar-refractivity contribution in [2.24, 2.45) is 17.8 Å². The lowest BCUT2D eigenvalue weighted by Crippen LogP contribution is -2.46. The molecule has 2 N–H and O–H groups in total. The summed E-state index contributed by atoms with van der Waals surface area (Å²) in [5, 5.41) is 8.02. The van der Waals surface area contributed by atoms with Crippen LogP contribution in [-0.2, 0) is 0 Å². The van der Waals surface area contributed by atoms with Crippen molar-refractivity contribution in [1.82, 2.24) is 15.6 Å². The molecule has 1 aliphatic carbocycles. The van der Waals surface area contributed by atoms with Crippen molar-refractivity contribution >= 4 is 0 Å². The highest BCUT2D eigenvalue weighted by Gasteiger charge is 2.37. The number of hydrogen-bond acceptors (Lipinski definition) is 3. The summed E-state index contributed by atoms with van der Waals surface area (Å²) in [4.78, 5) is 4.79. The average molecular weight is 424 g/mol. The Morgan fingerprint density at radius 1 is 1.06 bits per heavy atom. The van der Waals surface area contributed by atoms with E-state index in [1.807, 2.05) is 12.3 Å². The van der Waals surface area contributed by atoms with Gasteiger partial charge in [0.2, 0.25) is 0 Å². The van der Waals surface area contributed by atoms with Gasteiger partial charge in [0.1, 0.15) is 0 Å². The highest BCUT2D eigenvalue weighted by Crippen LogP contribution is 2.43. The highest BCUT2D eigenvalue weighted by atomic mass is 15.0. The zero-order valence-electron chi connectivity index (χ0n) is 20.2. The van der Waals surface area contributed by atoms with Crippen LogP contribution in [0.3, 0.4) is 0 Å². The molecule has 6 unspecified atom stereocenters. The van der Waals surface area contributed by atoms with Gasteiger partial charge in [0.25, 0.3) is 0 Å². The Morgan fingerprint density at radius 3 is 2.65 bits per heavy atom. The van der Waals surface area contributed by atoms with Crippen LogP contribution >= 0.6 is 0 Å². The van der Waals surface area contributed by atoms with Crippen molar-refractivity contribution in [3.8, 4) is 0 Å². The lowest BCUT2D eigenvalue weighted by Gasteiger charge is -2.43. The summed E-state index contributed by atoms with van der Waals surface area (Å²) in [7, 11) is 0. The maximum absolute atomic E-state index is 4.79. The van der Waals surface area contributed by atoms with E-state index in [0.29, 0.717) is 17.9 Å². The largest absolute Gasteiger partial charge is 0.385 e. The minimum Gasteiger partial charge on any atom is -0.385 e. The van der Waals surface area contributed by atoms with Crippen LogP contribution in [0.4, 0.5) is 0 Å². The second kappa shape index (κ2) is 11.0. The molecular weight excluding hydrogens is 378 g/mol. The van der Waals surface area contributed by atoms with E-state index < -0.39 is 0 Å². The van der Waals surface area contributed by atoms with E-state index in [1.54, 1.807) is 11.3 Å². The summed E-state index contributed by atoms with van der Waals surface area (Å²) in [5.74, 6) is 2.85. The molecule has 0 bridgehead atoms. The molecule has 3 heteroatoms. The van der Waals surface area contributed by atoms with Gasteiger partial charge in [-0.25, -0.2) is 0 Å². The van der Waals surface area contributed by atoms with Crippen molar-refractivity contribution in [1.29, 1.82) is 0 Å². The first-order valence-electron chi connectivity index (χ1n) is 13.3. The summed E-state index contributed by atoms with van der Waals surface area (Å²) in [6.07, 6.45) is 16.6. The predicted octanol–water partition coefficient (Wildman–Crippen LogP) is 6.58. The Labute approximate surface area is 190 Å². The third-order valence-corrected chi connectivity index (χ3v) is 8.64. The van der Waals surface area contributed by atoms with Crippen LogP contribution < -0.4 is 10.6 Å². The molecule has 1 aromatic rings. The standard InChI is InChI=1S/C28H45N3/c1-4-10-23(24-11-6-8-17-29-24)22-14-13-21-15-16-26(31-27(21)19-22)28(20(3)5-2)25-12-7-9-18-30-25/h7,9,12,18,20,22-24,26,28-29,31H,4-6,8,10-11,13-17,19H2,1-3H3. The van der Waals surface area contributed by atoms with Crippen LogP contribution in [0.2, 0.25) is 0 Å². The van der Waals surface area contributed by atoms with Gasteiger partial charge in [-0.2, -0.15) is 0 Å². The van der Waals surface area contributed by atoms with E-state index in [1.165, 1.54) is 82.9 Å². The Balaban J connectivity index is 1.49. The molecule has 1 saturated heterocycles. The van der Waals surface area contributed by atoms with Crippen molar-refractivity contribution < 1.29 is 0 Å². The van der Waals surface area contributed by atoms with E-state index in [9.17, 15) is 0 Å². The van der Waals surface area contributed by atoms with Gasteiger partial charge in [-0.15, -0.1) is 0 Å².